The van der Waals surface area contributed by atoms with Gasteiger partial charge in [-0.3, -0.25) is 4.79 Å². The number of carbonyl (C=O) groups excluding carboxylic acids is 2. The predicted molar refractivity (Wildman–Crippen MR) is 76.6 cm³/mol. The fourth-order valence-corrected chi connectivity index (χ4v) is 3.34. The molecule has 2 rings (SSSR count). The third kappa shape index (κ3) is 2.45. The second-order valence-corrected chi connectivity index (χ2v) is 6.48. The van der Waals surface area contributed by atoms with Crippen LogP contribution in [0.3, 0.4) is 0 Å². The normalized spacial score (nSPS) is 39.9. The summed E-state index contributed by atoms with van der Waals surface area (Å²) in [4.78, 5) is 23.1. The molecule has 0 spiro atoms. The summed E-state index contributed by atoms with van der Waals surface area (Å²) in [6, 6.07) is 0. The lowest BCUT2D eigenvalue weighted by atomic mass is 9.59. The van der Waals surface area contributed by atoms with Crippen LogP contribution in [-0.4, -0.2) is 41.8 Å². The highest BCUT2D eigenvalue weighted by Gasteiger charge is 2.67. The Morgan fingerprint density at radius 3 is 2.62 bits per heavy atom. The van der Waals surface area contributed by atoms with Crippen LogP contribution < -0.4 is 0 Å². The predicted octanol–water partition coefficient (Wildman–Crippen LogP) is 1.55. The maximum absolute atomic E-state index is 11.9. The molecule has 0 aromatic carbocycles. The fraction of sp³-hybridized carbons (Fsp3) is 0.625. The Kier molecular flexibility index (Phi) is 3.84. The van der Waals surface area contributed by atoms with E-state index in [0.717, 1.165) is 0 Å². The Morgan fingerprint density at radius 1 is 1.38 bits per heavy atom. The molecule has 1 aliphatic carbocycles. The maximum Gasteiger partial charge on any atom is 0.330 e. The first kappa shape index (κ1) is 15.9. The average molecular weight is 294 g/mol. The molecule has 2 aliphatic rings. The molecule has 2 bridgehead atoms. The molecule has 1 N–H and O–H groups in total. The van der Waals surface area contributed by atoms with Crippen molar-refractivity contribution < 1.29 is 24.2 Å². The zero-order valence-corrected chi connectivity index (χ0v) is 12.9. The minimum Gasteiger partial charge on any atom is -0.466 e. The van der Waals surface area contributed by atoms with Crippen LogP contribution in [0, 0.1) is 5.41 Å². The Hall–Kier alpha value is -1.46. The van der Waals surface area contributed by atoms with E-state index in [4.69, 9.17) is 4.74 Å². The van der Waals surface area contributed by atoms with Crippen molar-refractivity contribution >= 4 is 11.8 Å². The van der Waals surface area contributed by atoms with E-state index in [1.807, 2.05) is 6.92 Å². The summed E-state index contributed by atoms with van der Waals surface area (Å²) in [6.07, 6.45) is 5.17. The molecule has 5 nitrogen and oxygen atoms in total. The van der Waals surface area contributed by atoms with Gasteiger partial charge in [0.2, 0.25) is 0 Å². The summed E-state index contributed by atoms with van der Waals surface area (Å²) in [5, 5.41) is 11.1. The summed E-state index contributed by atoms with van der Waals surface area (Å²) in [5.41, 5.74) is -2.13. The highest BCUT2D eigenvalue weighted by atomic mass is 16.5. The number of aliphatic hydroxyl groups is 1. The van der Waals surface area contributed by atoms with Gasteiger partial charge in [0.15, 0.2) is 0 Å². The first-order valence-corrected chi connectivity index (χ1v) is 6.99. The summed E-state index contributed by atoms with van der Waals surface area (Å²) in [7, 11) is 1.31. The molecule has 1 aliphatic heterocycles. The van der Waals surface area contributed by atoms with Crippen LogP contribution in [0.25, 0.3) is 0 Å². The number of fused-ring (bicyclic) bond motifs is 2. The van der Waals surface area contributed by atoms with Crippen molar-refractivity contribution in [1.82, 2.24) is 0 Å². The molecule has 0 aromatic heterocycles. The lowest BCUT2D eigenvalue weighted by Crippen LogP contribution is -2.60. The van der Waals surface area contributed by atoms with Crippen LogP contribution in [0.15, 0.2) is 23.8 Å². The van der Waals surface area contributed by atoms with Gasteiger partial charge in [0.25, 0.3) is 0 Å². The molecule has 2 fully saturated rings. The molecule has 1 saturated heterocycles. The lowest BCUT2D eigenvalue weighted by molar-refractivity contribution is -0.151. The number of Topliss-reactive ketones (excluding diaryl/α,β-unsaturated/α-hetero) is 1. The minimum atomic E-state index is -1.24. The van der Waals surface area contributed by atoms with Gasteiger partial charge < -0.3 is 14.6 Å². The van der Waals surface area contributed by atoms with E-state index in [1.165, 1.54) is 13.2 Å². The van der Waals surface area contributed by atoms with E-state index in [-0.39, 0.29) is 12.2 Å². The summed E-state index contributed by atoms with van der Waals surface area (Å²) >= 11 is 0. The fourth-order valence-electron chi connectivity index (χ4n) is 3.34. The van der Waals surface area contributed by atoms with Gasteiger partial charge in [-0.25, -0.2) is 4.79 Å². The number of hydrogen-bond donors (Lipinski definition) is 1. The smallest absolute Gasteiger partial charge is 0.330 e. The molecule has 116 valence electrons. The minimum absolute atomic E-state index is 0.109. The number of methoxy groups -OCH3 is 1. The van der Waals surface area contributed by atoms with Gasteiger partial charge in [-0.1, -0.05) is 13.0 Å². The van der Waals surface area contributed by atoms with E-state index in [0.29, 0.717) is 18.6 Å². The van der Waals surface area contributed by atoms with E-state index >= 15 is 0 Å². The number of carbonyl (C=O) groups is 2. The maximum atomic E-state index is 11.9. The van der Waals surface area contributed by atoms with Gasteiger partial charge in [0.05, 0.1) is 13.7 Å². The van der Waals surface area contributed by atoms with Gasteiger partial charge in [-0.05, 0) is 25.5 Å². The highest BCUT2D eigenvalue weighted by Crippen LogP contribution is 2.56. The van der Waals surface area contributed by atoms with Crippen LogP contribution in [0.2, 0.25) is 0 Å². The van der Waals surface area contributed by atoms with Crippen LogP contribution in [0.1, 0.15) is 33.6 Å². The number of rotatable bonds is 3. The molecular weight excluding hydrogens is 272 g/mol. The molecule has 0 radical (unpaired) electrons. The third-order valence-corrected chi connectivity index (χ3v) is 4.69. The topological polar surface area (TPSA) is 72.8 Å². The Labute approximate surface area is 124 Å². The van der Waals surface area contributed by atoms with Crippen LogP contribution in [0.5, 0.6) is 0 Å². The zero-order chi connectivity index (χ0) is 15.9. The van der Waals surface area contributed by atoms with Crippen molar-refractivity contribution in [2.45, 2.75) is 44.8 Å². The van der Waals surface area contributed by atoms with Gasteiger partial charge in [0.1, 0.15) is 17.0 Å². The van der Waals surface area contributed by atoms with Crippen LogP contribution in [0.4, 0.5) is 0 Å². The summed E-state index contributed by atoms with van der Waals surface area (Å²) < 4.78 is 10.3. The third-order valence-electron chi connectivity index (χ3n) is 4.69. The van der Waals surface area contributed by atoms with Gasteiger partial charge in [0, 0.05) is 24.3 Å². The van der Waals surface area contributed by atoms with Gasteiger partial charge in [-0.2, -0.15) is 0 Å². The molecule has 3 unspecified atom stereocenters. The Bertz CT molecular complexity index is 511. The second kappa shape index (κ2) is 5.07. The molecule has 1 heterocycles. The number of hydrogen-bond acceptors (Lipinski definition) is 5. The second-order valence-electron chi connectivity index (χ2n) is 6.48. The van der Waals surface area contributed by atoms with Crippen molar-refractivity contribution in [3.05, 3.63) is 23.8 Å². The number of allylic oxidation sites excluding steroid dienone is 2. The molecule has 0 aromatic rings. The van der Waals surface area contributed by atoms with Crippen molar-refractivity contribution in [3.63, 3.8) is 0 Å². The van der Waals surface area contributed by atoms with Crippen LogP contribution in [-0.2, 0) is 19.1 Å². The lowest BCUT2D eigenvalue weighted by Gasteiger charge is -2.47. The quantitative estimate of drug-likeness (QED) is 0.486. The highest BCUT2D eigenvalue weighted by molar-refractivity contribution is 5.83. The number of esters is 1. The van der Waals surface area contributed by atoms with Crippen molar-refractivity contribution in [2.24, 2.45) is 5.41 Å². The first-order valence-electron chi connectivity index (χ1n) is 6.99. The van der Waals surface area contributed by atoms with E-state index in [9.17, 15) is 14.7 Å². The summed E-state index contributed by atoms with van der Waals surface area (Å²) in [5.74, 6) is -0.336. The number of ketones is 1. The molecule has 3 atom stereocenters. The first-order chi connectivity index (χ1) is 9.66. The standard InChI is InChI=1S/C16H22O5/c1-11(7-13(18)20-4)5-6-16(19)14(2)8-12(17)9-15(16,3)21-10-14/h5-7,19H,8-10H2,1-4H3. The largest absolute Gasteiger partial charge is 0.466 e. The zero-order valence-electron chi connectivity index (χ0n) is 12.9. The molecule has 21 heavy (non-hydrogen) atoms. The number of ether oxygens (including phenoxy) is 2. The van der Waals surface area contributed by atoms with E-state index in [1.54, 1.807) is 26.0 Å². The molecular formula is C16H22O5. The average Bonchev–Trinajstić information content (AvgIpc) is 2.51. The monoisotopic (exact) mass is 294 g/mol. The van der Waals surface area contributed by atoms with Crippen molar-refractivity contribution in [3.8, 4) is 0 Å². The van der Waals surface area contributed by atoms with Gasteiger partial charge in [-0.15, -0.1) is 0 Å². The van der Waals surface area contributed by atoms with Gasteiger partial charge >= 0.3 is 5.97 Å². The van der Waals surface area contributed by atoms with Crippen LogP contribution >= 0.6 is 0 Å². The molecule has 0 amide bonds. The summed E-state index contributed by atoms with van der Waals surface area (Å²) in [6.45, 7) is 5.71. The van der Waals surface area contributed by atoms with E-state index < -0.39 is 22.6 Å². The molecule has 1 saturated carbocycles. The Balaban J connectivity index is 2.32. The van der Waals surface area contributed by atoms with E-state index in [2.05, 4.69) is 4.74 Å². The molecule has 5 heteroatoms. The van der Waals surface area contributed by atoms with Crippen molar-refractivity contribution in [2.75, 3.05) is 13.7 Å². The SMILES string of the molecule is COC(=O)C=C(C)C=CC1(O)C2(C)COC1(C)CC(=O)C2. The Morgan fingerprint density at radius 2 is 2.05 bits per heavy atom. The van der Waals surface area contributed by atoms with Crippen molar-refractivity contribution in [1.29, 1.82) is 0 Å².